The quantitative estimate of drug-likeness (QED) is 0.619. The minimum Gasteiger partial charge on any atom is -0.390 e. The summed E-state index contributed by atoms with van der Waals surface area (Å²) in [6.07, 6.45) is 0.703. The predicted octanol–water partition coefficient (Wildman–Crippen LogP) is 5.04. The average Bonchev–Trinajstić information content (AvgIpc) is 3.01. The van der Waals surface area contributed by atoms with E-state index in [0.29, 0.717) is 12.8 Å². The number of halogens is 3. The number of aliphatic hydroxyl groups excluding tert-OH is 1. The summed E-state index contributed by atoms with van der Waals surface area (Å²) in [4.78, 5) is 12.9. The summed E-state index contributed by atoms with van der Waals surface area (Å²) >= 11 is 1.21. The second-order valence-electron chi connectivity index (χ2n) is 10.9. The van der Waals surface area contributed by atoms with Gasteiger partial charge in [0.2, 0.25) is 11.6 Å². The Morgan fingerprint density at radius 1 is 1.25 bits per heavy atom. The number of ketones is 1. The number of fused-ring (bicyclic) bond motifs is 5. The number of hydrogen-bond acceptors (Lipinski definition) is 5. The van der Waals surface area contributed by atoms with Crippen molar-refractivity contribution in [3.8, 4) is 0 Å². The van der Waals surface area contributed by atoms with Crippen LogP contribution in [0, 0.1) is 22.7 Å². The van der Waals surface area contributed by atoms with Crippen molar-refractivity contribution in [1.29, 1.82) is 0 Å². The monoisotopic (exact) mass is 474 g/mol. The number of rotatable bonds is 4. The molecule has 1 spiro atoms. The summed E-state index contributed by atoms with van der Waals surface area (Å²) in [5, 5.41) is 11.3. The van der Waals surface area contributed by atoms with E-state index in [9.17, 15) is 14.3 Å². The molecule has 0 bridgehead atoms. The molecule has 4 aliphatic carbocycles. The lowest BCUT2D eigenvalue weighted by molar-refractivity contribution is -0.439. The van der Waals surface area contributed by atoms with Gasteiger partial charge in [-0.1, -0.05) is 27.2 Å². The molecule has 4 fully saturated rings. The number of alkyl halides is 3. The Hall–Kier alpha value is -0.570. The van der Waals surface area contributed by atoms with E-state index in [4.69, 9.17) is 9.47 Å². The maximum absolute atomic E-state index is 17.3. The molecule has 0 unspecified atom stereocenters. The highest BCUT2D eigenvalue weighted by Crippen LogP contribution is 2.71. The standard InChI is InChI=1S/C24H33F3O4S/c1-4-5-20-30-23(31-20)11-22(3)15(9-17(23)28)16(26)8-14-13-6-7-19(32-12-25)21(13,2)10-18(29)24(14,22)27/h9,13-14,16,18-20,29H,4-8,10-12H2,1-3H3/t13-,14-,16-,18-,19+,20?,21-,22-,23?,24-/m0/s1. The van der Waals surface area contributed by atoms with Crippen LogP contribution in [0.4, 0.5) is 13.2 Å². The number of aliphatic hydroxyl groups is 1. The second kappa shape index (κ2) is 7.46. The van der Waals surface area contributed by atoms with Crippen molar-refractivity contribution in [2.45, 2.75) is 101 Å². The van der Waals surface area contributed by atoms with E-state index in [-0.39, 0.29) is 36.0 Å². The topological polar surface area (TPSA) is 55.8 Å². The summed E-state index contributed by atoms with van der Waals surface area (Å²) < 4.78 is 57.8. The first-order valence-corrected chi connectivity index (χ1v) is 12.9. The molecule has 1 aliphatic heterocycles. The molecule has 180 valence electrons. The Morgan fingerprint density at radius 3 is 2.62 bits per heavy atom. The summed E-state index contributed by atoms with van der Waals surface area (Å²) in [5.74, 6) is -2.93. The first kappa shape index (κ1) is 23.2. The molecule has 4 nitrogen and oxygen atoms in total. The van der Waals surface area contributed by atoms with Crippen molar-refractivity contribution in [2.75, 3.05) is 6.01 Å². The van der Waals surface area contributed by atoms with Crippen LogP contribution >= 0.6 is 11.8 Å². The SMILES string of the molecule is CCCC1OC2(C[C@@]3(C)C(=CC2=O)[C@@H](F)C[C@H]2[C@@H]4CC[C@@H](SCF)[C@@]4(C)C[C@H](O)[C@@]23F)O1. The summed E-state index contributed by atoms with van der Waals surface area (Å²) in [5.41, 5.74) is -3.87. The van der Waals surface area contributed by atoms with Crippen molar-refractivity contribution in [3.63, 3.8) is 0 Å². The van der Waals surface area contributed by atoms with Crippen LogP contribution in [0.1, 0.15) is 65.7 Å². The van der Waals surface area contributed by atoms with Gasteiger partial charge >= 0.3 is 0 Å². The first-order chi connectivity index (χ1) is 15.1. The second-order valence-corrected chi connectivity index (χ2v) is 12.1. The number of carbonyl (C=O) groups is 1. The number of ether oxygens (including phenoxy) is 2. The van der Waals surface area contributed by atoms with E-state index in [0.717, 1.165) is 12.8 Å². The van der Waals surface area contributed by atoms with Crippen LogP contribution < -0.4 is 0 Å². The van der Waals surface area contributed by atoms with Gasteiger partial charge in [0.05, 0.1) is 6.10 Å². The van der Waals surface area contributed by atoms with Crippen molar-refractivity contribution < 1.29 is 32.5 Å². The van der Waals surface area contributed by atoms with Gasteiger partial charge in [0, 0.05) is 23.0 Å². The number of hydrogen-bond donors (Lipinski definition) is 1. The Labute approximate surface area is 191 Å². The maximum Gasteiger partial charge on any atom is 0.238 e. The number of thioether (sulfide) groups is 1. The third-order valence-electron chi connectivity index (χ3n) is 9.43. The highest BCUT2D eigenvalue weighted by atomic mass is 32.2. The molecule has 1 saturated heterocycles. The molecule has 1 N–H and O–H groups in total. The molecular weight excluding hydrogens is 441 g/mol. The summed E-state index contributed by atoms with van der Waals surface area (Å²) in [7, 11) is 0. The van der Waals surface area contributed by atoms with E-state index in [1.807, 2.05) is 13.8 Å². The van der Waals surface area contributed by atoms with E-state index in [1.165, 1.54) is 17.8 Å². The van der Waals surface area contributed by atoms with Crippen LogP contribution in [0.15, 0.2) is 11.6 Å². The largest absolute Gasteiger partial charge is 0.390 e. The van der Waals surface area contributed by atoms with Crippen LogP contribution in [-0.4, -0.2) is 52.2 Å². The van der Waals surface area contributed by atoms with Gasteiger partial charge in [-0.05, 0) is 55.1 Å². The van der Waals surface area contributed by atoms with Gasteiger partial charge in [0.15, 0.2) is 6.29 Å². The zero-order chi connectivity index (χ0) is 23.1. The van der Waals surface area contributed by atoms with Gasteiger partial charge in [0.25, 0.3) is 0 Å². The van der Waals surface area contributed by atoms with Crippen LogP contribution in [0.3, 0.4) is 0 Å². The lowest BCUT2D eigenvalue weighted by atomic mass is 9.44. The molecule has 8 heteroatoms. The third kappa shape index (κ3) is 2.78. The van der Waals surface area contributed by atoms with Crippen molar-refractivity contribution in [2.24, 2.45) is 22.7 Å². The molecule has 5 rings (SSSR count). The Kier molecular flexibility index (Phi) is 5.41. The minimum absolute atomic E-state index is 0.0214. The smallest absolute Gasteiger partial charge is 0.238 e. The van der Waals surface area contributed by atoms with Gasteiger partial charge in [-0.15, -0.1) is 11.8 Å². The fourth-order valence-corrected chi connectivity index (χ4v) is 9.04. The first-order valence-electron chi connectivity index (χ1n) is 11.9. The van der Waals surface area contributed by atoms with Crippen LogP contribution in [-0.2, 0) is 14.3 Å². The van der Waals surface area contributed by atoms with E-state index in [1.54, 1.807) is 6.92 Å². The van der Waals surface area contributed by atoms with E-state index in [2.05, 4.69) is 0 Å². The molecule has 5 aliphatic rings. The summed E-state index contributed by atoms with van der Waals surface area (Å²) in [6, 6.07) is -0.525. The van der Waals surface area contributed by atoms with Crippen molar-refractivity contribution in [3.05, 3.63) is 11.6 Å². The molecule has 3 saturated carbocycles. The Bertz CT molecular complexity index is 832. The Balaban J connectivity index is 1.54. The molecule has 8 atom stereocenters. The van der Waals surface area contributed by atoms with E-state index < -0.39 is 58.6 Å². The molecule has 0 radical (unpaired) electrons. The van der Waals surface area contributed by atoms with Gasteiger partial charge in [-0.2, -0.15) is 0 Å². The van der Waals surface area contributed by atoms with Gasteiger partial charge in [0.1, 0.15) is 17.8 Å². The fraction of sp³-hybridized carbons (Fsp3) is 0.875. The lowest BCUT2D eigenvalue weighted by Gasteiger charge is -2.65. The van der Waals surface area contributed by atoms with Crippen molar-refractivity contribution >= 4 is 17.5 Å². The van der Waals surface area contributed by atoms with Crippen LogP contribution in [0.2, 0.25) is 0 Å². The zero-order valence-electron chi connectivity index (χ0n) is 18.9. The summed E-state index contributed by atoms with van der Waals surface area (Å²) in [6.45, 7) is 5.60. The third-order valence-corrected chi connectivity index (χ3v) is 10.7. The highest BCUT2D eigenvalue weighted by Gasteiger charge is 2.75. The molecule has 0 aromatic heterocycles. The van der Waals surface area contributed by atoms with Gasteiger partial charge < -0.3 is 14.6 Å². The van der Waals surface area contributed by atoms with Gasteiger partial charge in [-0.3, -0.25) is 4.79 Å². The molecular formula is C24H33F3O4S. The average molecular weight is 475 g/mol. The lowest BCUT2D eigenvalue weighted by Crippen LogP contribution is -2.73. The van der Waals surface area contributed by atoms with Crippen molar-refractivity contribution in [1.82, 2.24) is 0 Å². The maximum atomic E-state index is 17.3. The zero-order valence-corrected chi connectivity index (χ0v) is 19.7. The molecule has 1 heterocycles. The normalized spacial score (nSPS) is 54.5. The predicted molar refractivity (Wildman–Crippen MR) is 115 cm³/mol. The van der Waals surface area contributed by atoms with Crippen LogP contribution in [0.25, 0.3) is 0 Å². The highest BCUT2D eigenvalue weighted by molar-refractivity contribution is 7.99. The molecule has 0 amide bonds. The minimum atomic E-state index is -2.11. The van der Waals surface area contributed by atoms with Gasteiger partial charge in [-0.25, -0.2) is 13.2 Å². The van der Waals surface area contributed by atoms with Crippen LogP contribution in [0.5, 0.6) is 0 Å². The fourth-order valence-electron chi connectivity index (χ4n) is 7.93. The molecule has 0 aromatic rings. The Morgan fingerprint density at radius 2 is 1.97 bits per heavy atom. The molecule has 32 heavy (non-hydrogen) atoms. The number of carbonyl (C=O) groups excluding carboxylic acids is 1. The number of allylic oxidation sites excluding steroid dienone is 1. The van der Waals surface area contributed by atoms with E-state index >= 15 is 8.78 Å². The molecule has 0 aromatic carbocycles.